The van der Waals surface area contributed by atoms with Crippen LogP contribution in [0.2, 0.25) is 0 Å². The zero-order valence-electron chi connectivity index (χ0n) is 13.2. The van der Waals surface area contributed by atoms with E-state index in [0.717, 1.165) is 5.56 Å². The maximum Gasteiger partial charge on any atom is 0.248 e. The molecule has 2 aromatic carbocycles. The third-order valence-electron chi connectivity index (χ3n) is 3.23. The first-order chi connectivity index (χ1) is 11.7. The van der Waals surface area contributed by atoms with Crippen LogP contribution in [0.1, 0.15) is 5.56 Å². The van der Waals surface area contributed by atoms with Gasteiger partial charge in [-0.15, -0.1) is 0 Å². The fourth-order valence-corrected chi connectivity index (χ4v) is 1.98. The van der Waals surface area contributed by atoms with Crippen LogP contribution >= 0.6 is 0 Å². The number of rotatable bonds is 7. The molecule has 0 aliphatic rings. The molecule has 0 saturated heterocycles. The van der Waals surface area contributed by atoms with Gasteiger partial charge in [0.25, 0.3) is 0 Å². The van der Waals surface area contributed by atoms with E-state index in [9.17, 15) is 4.79 Å². The first-order valence-corrected chi connectivity index (χ1v) is 7.50. The molecule has 122 valence electrons. The highest BCUT2D eigenvalue weighted by atomic mass is 16.1. The normalized spacial score (nSPS) is 11.2. The molecule has 1 amide bonds. The molecule has 0 fully saturated rings. The zero-order chi connectivity index (χ0) is 17.2. The lowest BCUT2D eigenvalue weighted by atomic mass is 10.2. The van der Waals surface area contributed by atoms with Crippen molar-refractivity contribution in [1.29, 1.82) is 5.41 Å². The molecule has 5 N–H and O–H groups in total. The van der Waals surface area contributed by atoms with Crippen molar-refractivity contribution in [3.05, 3.63) is 84.1 Å². The minimum atomic E-state index is -0.302. The van der Waals surface area contributed by atoms with Gasteiger partial charge in [-0.1, -0.05) is 42.5 Å². The SMILES string of the molecule is N=CC(=C\NCc1ccccc1)/C=C/C(=O)Nc1ccccc1N. The van der Waals surface area contributed by atoms with Crippen LogP contribution in [0.4, 0.5) is 11.4 Å². The van der Waals surface area contributed by atoms with Crippen LogP contribution in [-0.2, 0) is 11.3 Å². The Bertz CT molecular complexity index is 751. The molecule has 2 rings (SSSR count). The van der Waals surface area contributed by atoms with Gasteiger partial charge in [-0.05, 0) is 23.8 Å². The summed E-state index contributed by atoms with van der Waals surface area (Å²) in [7, 11) is 0. The number of allylic oxidation sites excluding steroid dienone is 2. The van der Waals surface area contributed by atoms with E-state index in [1.165, 1.54) is 12.3 Å². The molecule has 0 aromatic heterocycles. The Kier molecular flexibility index (Phi) is 6.35. The van der Waals surface area contributed by atoms with E-state index in [4.69, 9.17) is 11.1 Å². The van der Waals surface area contributed by atoms with Crippen molar-refractivity contribution in [2.75, 3.05) is 11.1 Å². The number of benzene rings is 2. The van der Waals surface area contributed by atoms with E-state index in [-0.39, 0.29) is 5.91 Å². The molecule has 0 bridgehead atoms. The van der Waals surface area contributed by atoms with Crippen molar-refractivity contribution >= 4 is 23.5 Å². The summed E-state index contributed by atoms with van der Waals surface area (Å²) in [5.41, 5.74) is 8.57. The zero-order valence-corrected chi connectivity index (χ0v) is 13.2. The maximum atomic E-state index is 11.9. The number of nitrogen functional groups attached to an aromatic ring is 1. The third-order valence-corrected chi connectivity index (χ3v) is 3.23. The van der Waals surface area contributed by atoms with Crippen molar-refractivity contribution in [3.8, 4) is 0 Å². The van der Waals surface area contributed by atoms with E-state index in [1.54, 1.807) is 36.5 Å². The predicted molar refractivity (Wildman–Crippen MR) is 98.8 cm³/mol. The molecular weight excluding hydrogens is 300 g/mol. The Hall–Kier alpha value is -3.34. The van der Waals surface area contributed by atoms with Crippen LogP contribution in [0.5, 0.6) is 0 Å². The Labute approximate surface area is 141 Å². The van der Waals surface area contributed by atoms with E-state index in [1.807, 2.05) is 30.3 Å². The highest BCUT2D eigenvalue weighted by Gasteiger charge is 2.00. The Morgan fingerprint density at radius 2 is 1.75 bits per heavy atom. The molecule has 0 radical (unpaired) electrons. The summed E-state index contributed by atoms with van der Waals surface area (Å²) in [4.78, 5) is 11.9. The lowest BCUT2D eigenvalue weighted by Gasteiger charge is -2.05. The molecule has 0 unspecified atom stereocenters. The first-order valence-electron chi connectivity index (χ1n) is 7.50. The van der Waals surface area contributed by atoms with Gasteiger partial charge in [-0.2, -0.15) is 0 Å². The number of carbonyl (C=O) groups is 1. The van der Waals surface area contributed by atoms with Gasteiger partial charge < -0.3 is 21.8 Å². The second-order valence-corrected chi connectivity index (χ2v) is 5.07. The van der Waals surface area contributed by atoms with Crippen LogP contribution in [0, 0.1) is 5.41 Å². The monoisotopic (exact) mass is 320 g/mol. The van der Waals surface area contributed by atoms with Gasteiger partial charge in [0.15, 0.2) is 0 Å². The Balaban J connectivity index is 1.90. The second-order valence-electron chi connectivity index (χ2n) is 5.07. The molecule has 0 aliphatic carbocycles. The smallest absolute Gasteiger partial charge is 0.248 e. The minimum absolute atomic E-state index is 0.302. The Morgan fingerprint density at radius 1 is 1.04 bits per heavy atom. The molecule has 2 aromatic rings. The number of amides is 1. The average Bonchev–Trinajstić information content (AvgIpc) is 2.61. The fourth-order valence-electron chi connectivity index (χ4n) is 1.98. The summed E-state index contributed by atoms with van der Waals surface area (Å²) in [6, 6.07) is 17.0. The summed E-state index contributed by atoms with van der Waals surface area (Å²) in [5.74, 6) is -0.302. The highest BCUT2D eigenvalue weighted by Crippen LogP contribution is 2.16. The van der Waals surface area contributed by atoms with E-state index < -0.39 is 0 Å². The molecule has 0 heterocycles. The Morgan fingerprint density at radius 3 is 2.46 bits per heavy atom. The summed E-state index contributed by atoms with van der Waals surface area (Å²) >= 11 is 0. The molecular formula is C19H20N4O. The van der Waals surface area contributed by atoms with Crippen molar-refractivity contribution in [2.45, 2.75) is 6.54 Å². The number of para-hydroxylation sites is 2. The number of carbonyl (C=O) groups excluding carboxylic acids is 1. The van der Waals surface area contributed by atoms with Crippen LogP contribution in [0.25, 0.3) is 0 Å². The lowest BCUT2D eigenvalue weighted by Crippen LogP contribution is -2.10. The number of hydrogen-bond acceptors (Lipinski definition) is 4. The minimum Gasteiger partial charge on any atom is -0.397 e. The standard InChI is InChI=1S/C19H20N4O/c20-12-16(14-22-13-15-6-2-1-3-7-15)10-11-19(24)23-18-9-5-4-8-17(18)21/h1-12,14,20,22H,13,21H2,(H,23,24)/b11-10+,16-14-,20-12?. The van der Waals surface area contributed by atoms with Gasteiger partial charge in [-0.3, -0.25) is 4.79 Å². The maximum absolute atomic E-state index is 11.9. The van der Waals surface area contributed by atoms with Crippen LogP contribution in [-0.4, -0.2) is 12.1 Å². The van der Waals surface area contributed by atoms with Crippen LogP contribution < -0.4 is 16.4 Å². The molecule has 5 heteroatoms. The highest BCUT2D eigenvalue weighted by molar-refractivity contribution is 6.02. The summed E-state index contributed by atoms with van der Waals surface area (Å²) in [5, 5.41) is 13.2. The molecule has 0 atom stereocenters. The summed E-state index contributed by atoms with van der Waals surface area (Å²) in [6.45, 7) is 0.652. The van der Waals surface area contributed by atoms with Crippen molar-refractivity contribution < 1.29 is 4.79 Å². The number of hydrogen-bond donors (Lipinski definition) is 4. The first kappa shape index (κ1) is 17.0. The average molecular weight is 320 g/mol. The van der Waals surface area contributed by atoms with Gasteiger partial charge in [-0.25, -0.2) is 0 Å². The molecule has 5 nitrogen and oxygen atoms in total. The van der Waals surface area contributed by atoms with Gasteiger partial charge >= 0.3 is 0 Å². The third kappa shape index (κ3) is 5.46. The van der Waals surface area contributed by atoms with Gasteiger partial charge in [0.05, 0.1) is 11.4 Å². The summed E-state index contributed by atoms with van der Waals surface area (Å²) < 4.78 is 0. The largest absolute Gasteiger partial charge is 0.397 e. The number of nitrogens with two attached hydrogens (primary N) is 1. The van der Waals surface area contributed by atoms with Crippen molar-refractivity contribution in [3.63, 3.8) is 0 Å². The van der Waals surface area contributed by atoms with E-state index in [0.29, 0.717) is 23.5 Å². The lowest BCUT2D eigenvalue weighted by molar-refractivity contribution is -0.111. The molecule has 0 spiro atoms. The van der Waals surface area contributed by atoms with Crippen molar-refractivity contribution in [2.24, 2.45) is 0 Å². The fraction of sp³-hybridized carbons (Fsp3) is 0.0526. The predicted octanol–water partition coefficient (Wildman–Crippen LogP) is 3.09. The second kappa shape index (κ2) is 8.95. The quantitative estimate of drug-likeness (QED) is 0.273. The van der Waals surface area contributed by atoms with Crippen molar-refractivity contribution in [1.82, 2.24) is 5.32 Å². The van der Waals surface area contributed by atoms with Gasteiger partial charge in [0.1, 0.15) is 0 Å². The molecule has 0 saturated carbocycles. The van der Waals surface area contributed by atoms with Crippen LogP contribution in [0.15, 0.2) is 78.5 Å². The van der Waals surface area contributed by atoms with Gasteiger partial charge in [0, 0.05) is 30.6 Å². The summed E-state index contributed by atoms with van der Waals surface area (Å²) in [6.07, 6.45) is 5.81. The topological polar surface area (TPSA) is 91.0 Å². The van der Waals surface area contributed by atoms with E-state index >= 15 is 0 Å². The molecule has 24 heavy (non-hydrogen) atoms. The number of anilines is 2. The molecule has 0 aliphatic heterocycles. The van der Waals surface area contributed by atoms with Crippen LogP contribution in [0.3, 0.4) is 0 Å². The number of nitrogens with one attached hydrogen (secondary N) is 3. The van der Waals surface area contributed by atoms with E-state index in [2.05, 4.69) is 10.6 Å². The van der Waals surface area contributed by atoms with Gasteiger partial charge in [0.2, 0.25) is 5.91 Å².